The van der Waals surface area contributed by atoms with Crippen molar-refractivity contribution in [3.05, 3.63) is 52.5 Å². The summed E-state index contributed by atoms with van der Waals surface area (Å²) in [5.74, 6) is 0.130. The Hall–Kier alpha value is -1.96. The van der Waals surface area contributed by atoms with Crippen LogP contribution in [0.2, 0.25) is 10.0 Å². The molecule has 0 aliphatic heterocycles. The molecule has 0 aromatic heterocycles. The lowest BCUT2D eigenvalue weighted by Crippen LogP contribution is -2.32. The van der Waals surface area contributed by atoms with Crippen LogP contribution in [0.15, 0.2) is 42.5 Å². The van der Waals surface area contributed by atoms with E-state index in [-0.39, 0.29) is 5.91 Å². The van der Waals surface area contributed by atoms with Crippen molar-refractivity contribution in [3.8, 4) is 5.75 Å². The summed E-state index contributed by atoms with van der Waals surface area (Å²) in [5.41, 5.74) is 1.01. The summed E-state index contributed by atoms with van der Waals surface area (Å²) in [6, 6.07) is 11.3. The van der Waals surface area contributed by atoms with Crippen molar-refractivity contribution in [2.45, 2.75) is 19.4 Å². The van der Waals surface area contributed by atoms with Crippen LogP contribution in [0.4, 0.5) is 11.4 Å². The quantitative estimate of drug-likeness (QED) is 0.714. The summed E-state index contributed by atoms with van der Waals surface area (Å²) in [7, 11) is -1.88. The second-order valence-electron chi connectivity index (χ2n) is 5.86. The molecule has 2 aromatic rings. The van der Waals surface area contributed by atoms with Crippen LogP contribution in [-0.4, -0.2) is 33.7 Å². The van der Waals surface area contributed by atoms with Crippen LogP contribution in [0.25, 0.3) is 0 Å². The van der Waals surface area contributed by atoms with E-state index in [2.05, 4.69) is 5.32 Å². The average Bonchev–Trinajstić information content (AvgIpc) is 2.61. The Morgan fingerprint density at radius 2 is 1.78 bits per heavy atom. The van der Waals surface area contributed by atoms with Crippen molar-refractivity contribution >= 4 is 50.5 Å². The van der Waals surface area contributed by atoms with Gasteiger partial charge >= 0.3 is 0 Å². The van der Waals surface area contributed by atoms with E-state index in [4.69, 9.17) is 27.9 Å². The molecule has 6 nitrogen and oxygen atoms in total. The molecule has 27 heavy (non-hydrogen) atoms. The van der Waals surface area contributed by atoms with Gasteiger partial charge < -0.3 is 10.1 Å². The van der Waals surface area contributed by atoms with Gasteiger partial charge in [0.05, 0.1) is 22.0 Å². The normalized spacial score (nSPS) is 12.3. The Morgan fingerprint density at radius 1 is 1.15 bits per heavy atom. The molecule has 9 heteroatoms. The number of benzene rings is 2. The maximum atomic E-state index is 12.5. The molecule has 146 valence electrons. The Labute approximate surface area is 169 Å². The summed E-state index contributed by atoms with van der Waals surface area (Å²) in [6.45, 7) is 1.82. The maximum Gasteiger partial charge on any atom is 0.265 e. The van der Waals surface area contributed by atoms with Gasteiger partial charge in [-0.25, -0.2) is 8.42 Å². The second kappa shape index (κ2) is 8.82. The van der Waals surface area contributed by atoms with Gasteiger partial charge in [-0.2, -0.15) is 0 Å². The van der Waals surface area contributed by atoms with Gasteiger partial charge in [0.1, 0.15) is 5.75 Å². The molecule has 0 aliphatic carbocycles. The van der Waals surface area contributed by atoms with Gasteiger partial charge in [-0.15, -0.1) is 0 Å². The molecule has 1 N–H and O–H groups in total. The van der Waals surface area contributed by atoms with Crippen molar-refractivity contribution in [3.63, 3.8) is 0 Å². The lowest BCUT2D eigenvalue weighted by molar-refractivity contribution is -0.122. The fourth-order valence-corrected chi connectivity index (χ4v) is 3.01. The fourth-order valence-electron chi connectivity index (χ4n) is 2.21. The van der Waals surface area contributed by atoms with Crippen LogP contribution in [0.1, 0.15) is 13.3 Å². The van der Waals surface area contributed by atoms with E-state index in [9.17, 15) is 13.2 Å². The number of hydrogen-bond donors (Lipinski definition) is 1. The SMILES string of the molecule is CC[C@H](Oc1ccc(N(C)S(C)(=O)=O)cc1)C(=O)Nc1ccc(Cl)c(Cl)c1. The van der Waals surface area contributed by atoms with Crippen LogP contribution in [0, 0.1) is 0 Å². The number of nitrogens with one attached hydrogen (secondary N) is 1. The number of nitrogens with zero attached hydrogens (tertiary/aromatic N) is 1. The number of rotatable bonds is 7. The Kier molecular flexibility index (Phi) is 6.97. The molecule has 0 aliphatic rings. The van der Waals surface area contributed by atoms with E-state index in [0.717, 1.165) is 10.6 Å². The first kappa shape index (κ1) is 21.3. The molecule has 1 amide bonds. The topological polar surface area (TPSA) is 75.7 Å². The first-order chi connectivity index (χ1) is 12.6. The third-order valence-electron chi connectivity index (χ3n) is 3.83. The standard InChI is InChI=1S/C18H20Cl2N2O4S/c1-4-17(18(23)21-12-5-10-15(19)16(20)11-12)26-14-8-6-13(7-9-14)22(2)27(3,24)25/h5-11,17H,4H2,1-3H3,(H,21,23)/t17-/m0/s1. The molecule has 2 aromatic carbocycles. The highest BCUT2D eigenvalue weighted by Crippen LogP contribution is 2.26. The first-order valence-electron chi connectivity index (χ1n) is 8.08. The number of anilines is 2. The summed E-state index contributed by atoms with van der Waals surface area (Å²) in [6.07, 6.45) is 0.841. The van der Waals surface area contributed by atoms with Gasteiger partial charge in [0, 0.05) is 12.7 Å². The summed E-state index contributed by atoms with van der Waals surface area (Å²) >= 11 is 11.8. The van der Waals surface area contributed by atoms with Crippen molar-refractivity contribution in [1.82, 2.24) is 0 Å². The molecular weight excluding hydrogens is 411 g/mol. The monoisotopic (exact) mass is 430 g/mol. The van der Waals surface area contributed by atoms with E-state index in [1.165, 1.54) is 7.05 Å². The highest BCUT2D eigenvalue weighted by Gasteiger charge is 2.19. The minimum atomic E-state index is -3.34. The predicted octanol–water partition coefficient (Wildman–Crippen LogP) is 4.19. The molecule has 1 atom stereocenters. The van der Waals surface area contributed by atoms with Crippen LogP contribution < -0.4 is 14.4 Å². The average molecular weight is 431 g/mol. The number of carbonyl (C=O) groups is 1. The van der Waals surface area contributed by atoms with E-state index < -0.39 is 16.1 Å². The number of sulfonamides is 1. The van der Waals surface area contributed by atoms with Crippen molar-refractivity contribution in [2.75, 3.05) is 22.9 Å². The van der Waals surface area contributed by atoms with E-state index in [0.29, 0.717) is 33.6 Å². The van der Waals surface area contributed by atoms with Gasteiger partial charge in [-0.05, 0) is 48.9 Å². The number of carbonyl (C=O) groups excluding carboxylic acids is 1. The molecule has 0 saturated heterocycles. The third kappa shape index (κ3) is 5.76. The largest absolute Gasteiger partial charge is 0.481 e. The molecule has 0 fully saturated rings. The Bertz CT molecular complexity index is 917. The van der Waals surface area contributed by atoms with Crippen molar-refractivity contribution in [2.24, 2.45) is 0 Å². The number of amides is 1. The zero-order valence-electron chi connectivity index (χ0n) is 15.1. The van der Waals surface area contributed by atoms with Crippen molar-refractivity contribution in [1.29, 1.82) is 0 Å². The molecular formula is C18H20Cl2N2O4S. The smallest absolute Gasteiger partial charge is 0.265 e. The second-order valence-corrected chi connectivity index (χ2v) is 8.69. The summed E-state index contributed by atoms with van der Waals surface area (Å²) in [4.78, 5) is 12.5. The number of hydrogen-bond acceptors (Lipinski definition) is 4. The highest BCUT2D eigenvalue weighted by molar-refractivity contribution is 7.92. The molecule has 0 heterocycles. The number of ether oxygens (including phenoxy) is 1. The number of halogens is 2. The molecule has 2 rings (SSSR count). The summed E-state index contributed by atoms with van der Waals surface area (Å²) < 4.78 is 30.0. The zero-order chi connectivity index (χ0) is 20.2. The van der Waals surface area contributed by atoms with E-state index in [1.54, 1.807) is 42.5 Å². The highest BCUT2D eigenvalue weighted by atomic mass is 35.5. The summed E-state index contributed by atoms with van der Waals surface area (Å²) in [5, 5.41) is 3.48. The third-order valence-corrected chi connectivity index (χ3v) is 5.77. The molecule has 0 saturated carbocycles. The first-order valence-corrected chi connectivity index (χ1v) is 10.7. The van der Waals surface area contributed by atoms with Gasteiger partial charge in [-0.1, -0.05) is 30.1 Å². The molecule has 0 radical (unpaired) electrons. The minimum Gasteiger partial charge on any atom is -0.481 e. The van der Waals surface area contributed by atoms with Crippen LogP contribution in [-0.2, 0) is 14.8 Å². The molecule has 0 spiro atoms. The van der Waals surface area contributed by atoms with Gasteiger partial charge in [-0.3, -0.25) is 9.10 Å². The van der Waals surface area contributed by atoms with Gasteiger partial charge in [0.25, 0.3) is 5.91 Å². The zero-order valence-corrected chi connectivity index (χ0v) is 17.4. The van der Waals surface area contributed by atoms with E-state index >= 15 is 0 Å². The van der Waals surface area contributed by atoms with Crippen molar-refractivity contribution < 1.29 is 17.9 Å². The van der Waals surface area contributed by atoms with Crippen LogP contribution in [0.5, 0.6) is 5.75 Å². The Morgan fingerprint density at radius 3 is 2.30 bits per heavy atom. The molecule has 0 unspecified atom stereocenters. The van der Waals surface area contributed by atoms with Gasteiger partial charge in [0.15, 0.2) is 6.10 Å². The lowest BCUT2D eigenvalue weighted by Gasteiger charge is -2.19. The lowest BCUT2D eigenvalue weighted by atomic mass is 10.2. The van der Waals surface area contributed by atoms with Gasteiger partial charge in [0.2, 0.25) is 10.0 Å². The predicted molar refractivity (Wildman–Crippen MR) is 109 cm³/mol. The Balaban J connectivity index is 2.07. The van der Waals surface area contributed by atoms with Crippen LogP contribution in [0.3, 0.4) is 0 Å². The van der Waals surface area contributed by atoms with Crippen LogP contribution >= 0.6 is 23.2 Å². The molecule has 0 bridgehead atoms. The van der Waals surface area contributed by atoms with E-state index in [1.807, 2.05) is 6.92 Å². The maximum absolute atomic E-state index is 12.5. The minimum absolute atomic E-state index is 0.326. The fraction of sp³-hybridized carbons (Fsp3) is 0.278.